The standard InChI is InChI=1S/C14H22N2O/c1-9-13(8-15-16(9)2)14(17)7-12-6-10-3-4-11(12)5-10/h8,10-12,14,17H,3-7H2,1-2H3. The summed E-state index contributed by atoms with van der Waals surface area (Å²) in [5.41, 5.74) is 2.12. The molecule has 1 heterocycles. The van der Waals surface area contributed by atoms with E-state index in [1.54, 1.807) is 0 Å². The van der Waals surface area contributed by atoms with Crippen LogP contribution in [0.1, 0.15) is 49.5 Å². The Morgan fingerprint density at radius 2 is 2.29 bits per heavy atom. The molecule has 4 unspecified atom stereocenters. The molecule has 17 heavy (non-hydrogen) atoms. The summed E-state index contributed by atoms with van der Waals surface area (Å²) in [6, 6.07) is 0. The third kappa shape index (κ3) is 1.90. The predicted molar refractivity (Wildman–Crippen MR) is 66.5 cm³/mol. The molecule has 0 amide bonds. The van der Waals surface area contributed by atoms with Gasteiger partial charge < -0.3 is 5.11 Å². The highest BCUT2D eigenvalue weighted by Gasteiger charge is 2.40. The van der Waals surface area contributed by atoms with Crippen LogP contribution in [-0.2, 0) is 7.05 Å². The molecule has 1 aromatic rings. The summed E-state index contributed by atoms with van der Waals surface area (Å²) in [7, 11) is 1.93. The summed E-state index contributed by atoms with van der Waals surface area (Å²) in [4.78, 5) is 0. The number of nitrogens with zero attached hydrogens (tertiary/aromatic N) is 2. The molecule has 1 N–H and O–H groups in total. The molecular formula is C14H22N2O. The van der Waals surface area contributed by atoms with E-state index in [0.29, 0.717) is 0 Å². The first-order chi connectivity index (χ1) is 8.15. The van der Waals surface area contributed by atoms with Gasteiger partial charge in [-0.3, -0.25) is 4.68 Å². The summed E-state index contributed by atoms with van der Waals surface area (Å²) in [6.07, 6.45) is 8.05. The number of fused-ring (bicyclic) bond motifs is 2. The number of rotatable bonds is 3. The van der Waals surface area contributed by atoms with Crippen LogP contribution in [0, 0.1) is 24.7 Å². The van der Waals surface area contributed by atoms with Crippen LogP contribution in [0.3, 0.4) is 0 Å². The number of aryl methyl sites for hydroxylation is 1. The highest BCUT2D eigenvalue weighted by molar-refractivity contribution is 5.19. The van der Waals surface area contributed by atoms with E-state index in [9.17, 15) is 5.11 Å². The molecule has 2 saturated carbocycles. The number of hydrogen-bond donors (Lipinski definition) is 1. The zero-order chi connectivity index (χ0) is 12.0. The lowest BCUT2D eigenvalue weighted by Gasteiger charge is -2.24. The van der Waals surface area contributed by atoms with Gasteiger partial charge in [-0.05, 0) is 50.4 Å². The largest absolute Gasteiger partial charge is 0.388 e. The first kappa shape index (κ1) is 11.3. The van der Waals surface area contributed by atoms with Gasteiger partial charge in [-0.15, -0.1) is 0 Å². The van der Waals surface area contributed by atoms with E-state index in [-0.39, 0.29) is 6.10 Å². The Morgan fingerprint density at radius 1 is 1.47 bits per heavy atom. The number of aliphatic hydroxyl groups excluding tert-OH is 1. The molecule has 3 rings (SSSR count). The van der Waals surface area contributed by atoms with Crippen molar-refractivity contribution in [2.24, 2.45) is 24.8 Å². The van der Waals surface area contributed by atoms with E-state index in [4.69, 9.17) is 0 Å². The Labute approximate surface area is 103 Å². The zero-order valence-corrected chi connectivity index (χ0v) is 10.8. The molecule has 3 heteroatoms. The Kier molecular flexibility index (Phi) is 2.74. The molecule has 94 valence electrons. The fraction of sp³-hybridized carbons (Fsp3) is 0.786. The fourth-order valence-corrected chi connectivity index (χ4v) is 3.92. The average Bonchev–Trinajstić information content (AvgIpc) is 2.96. The van der Waals surface area contributed by atoms with Crippen molar-refractivity contribution >= 4 is 0 Å². The highest BCUT2D eigenvalue weighted by atomic mass is 16.3. The van der Waals surface area contributed by atoms with Gasteiger partial charge in [0.15, 0.2) is 0 Å². The van der Waals surface area contributed by atoms with E-state index in [0.717, 1.165) is 35.4 Å². The second-order valence-corrected chi connectivity index (χ2v) is 6.00. The Hall–Kier alpha value is -0.830. The van der Waals surface area contributed by atoms with Crippen molar-refractivity contribution in [2.45, 2.75) is 45.1 Å². The average molecular weight is 234 g/mol. The summed E-state index contributed by atoms with van der Waals surface area (Å²) in [6.45, 7) is 2.03. The van der Waals surface area contributed by atoms with Gasteiger partial charge in [0.2, 0.25) is 0 Å². The lowest BCUT2D eigenvalue weighted by atomic mass is 9.84. The molecule has 0 radical (unpaired) electrons. The van der Waals surface area contributed by atoms with Crippen molar-refractivity contribution in [3.8, 4) is 0 Å². The molecule has 1 aromatic heterocycles. The predicted octanol–water partition coefficient (Wildman–Crippen LogP) is 2.59. The van der Waals surface area contributed by atoms with Crippen molar-refractivity contribution in [3.05, 3.63) is 17.5 Å². The highest BCUT2D eigenvalue weighted by Crippen LogP contribution is 2.50. The molecule has 2 fully saturated rings. The Balaban J connectivity index is 1.67. The van der Waals surface area contributed by atoms with Crippen molar-refractivity contribution in [3.63, 3.8) is 0 Å². The maximum absolute atomic E-state index is 10.3. The van der Waals surface area contributed by atoms with Crippen molar-refractivity contribution < 1.29 is 5.11 Å². The SMILES string of the molecule is Cc1c(C(O)CC2CC3CCC2C3)cnn1C. The molecule has 2 bridgehead atoms. The van der Waals surface area contributed by atoms with Crippen LogP contribution in [0.2, 0.25) is 0 Å². The quantitative estimate of drug-likeness (QED) is 0.873. The first-order valence-corrected chi connectivity index (χ1v) is 6.81. The summed E-state index contributed by atoms with van der Waals surface area (Å²) >= 11 is 0. The van der Waals surface area contributed by atoms with Gasteiger partial charge in [-0.2, -0.15) is 5.10 Å². The van der Waals surface area contributed by atoms with Gasteiger partial charge in [0.1, 0.15) is 0 Å². The molecule has 0 saturated heterocycles. The minimum Gasteiger partial charge on any atom is -0.388 e. The third-order valence-corrected chi connectivity index (χ3v) is 5.04. The summed E-state index contributed by atoms with van der Waals surface area (Å²) in [5, 5.41) is 14.6. The lowest BCUT2D eigenvalue weighted by molar-refractivity contribution is 0.125. The van der Waals surface area contributed by atoms with Crippen molar-refractivity contribution in [1.29, 1.82) is 0 Å². The third-order valence-electron chi connectivity index (χ3n) is 5.04. The zero-order valence-electron chi connectivity index (χ0n) is 10.8. The Bertz CT molecular complexity index is 412. The van der Waals surface area contributed by atoms with E-state index >= 15 is 0 Å². The number of aromatic nitrogens is 2. The summed E-state index contributed by atoms with van der Waals surface area (Å²) < 4.78 is 1.85. The summed E-state index contributed by atoms with van der Waals surface area (Å²) in [5.74, 6) is 2.61. The van der Waals surface area contributed by atoms with Gasteiger partial charge >= 0.3 is 0 Å². The maximum atomic E-state index is 10.3. The smallest absolute Gasteiger partial charge is 0.0826 e. The molecule has 2 aliphatic carbocycles. The topological polar surface area (TPSA) is 38.1 Å². The monoisotopic (exact) mass is 234 g/mol. The van der Waals surface area contributed by atoms with Gasteiger partial charge in [-0.25, -0.2) is 0 Å². The van der Waals surface area contributed by atoms with Gasteiger partial charge in [0.05, 0.1) is 12.3 Å². The normalized spacial score (nSPS) is 33.2. The van der Waals surface area contributed by atoms with Crippen LogP contribution in [0.4, 0.5) is 0 Å². The van der Waals surface area contributed by atoms with E-state index in [1.807, 2.05) is 24.9 Å². The van der Waals surface area contributed by atoms with Crippen molar-refractivity contribution in [2.75, 3.05) is 0 Å². The fourth-order valence-electron chi connectivity index (χ4n) is 3.92. The van der Waals surface area contributed by atoms with E-state index in [2.05, 4.69) is 5.10 Å². The van der Waals surface area contributed by atoms with E-state index in [1.165, 1.54) is 25.7 Å². The minimum atomic E-state index is -0.312. The van der Waals surface area contributed by atoms with Crippen LogP contribution in [-0.4, -0.2) is 14.9 Å². The molecule has 0 spiro atoms. The number of hydrogen-bond acceptors (Lipinski definition) is 2. The lowest BCUT2D eigenvalue weighted by Crippen LogP contribution is -2.14. The van der Waals surface area contributed by atoms with Gasteiger partial charge in [0.25, 0.3) is 0 Å². The molecule has 3 nitrogen and oxygen atoms in total. The molecule has 2 aliphatic rings. The van der Waals surface area contributed by atoms with Gasteiger partial charge in [-0.1, -0.05) is 6.42 Å². The van der Waals surface area contributed by atoms with Gasteiger partial charge in [0, 0.05) is 18.3 Å². The number of aliphatic hydroxyl groups is 1. The van der Waals surface area contributed by atoms with Crippen LogP contribution < -0.4 is 0 Å². The first-order valence-electron chi connectivity index (χ1n) is 6.81. The minimum absolute atomic E-state index is 0.312. The second kappa shape index (κ2) is 4.13. The van der Waals surface area contributed by atoms with E-state index < -0.39 is 0 Å². The van der Waals surface area contributed by atoms with Crippen LogP contribution >= 0.6 is 0 Å². The maximum Gasteiger partial charge on any atom is 0.0826 e. The van der Waals surface area contributed by atoms with Crippen LogP contribution in [0.15, 0.2) is 6.20 Å². The van der Waals surface area contributed by atoms with Crippen LogP contribution in [0.5, 0.6) is 0 Å². The molecular weight excluding hydrogens is 212 g/mol. The molecule has 0 aliphatic heterocycles. The Morgan fingerprint density at radius 3 is 2.82 bits per heavy atom. The second-order valence-electron chi connectivity index (χ2n) is 6.00. The molecule has 4 atom stereocenters. The molecule has 0 aromatic carbocycles. The van der Waals surface area contributed by atoms with Crippen LogP contribution in [0.25, 0.3) is 0 Å². The van der Waals surface area contributed by atoms with Crippen molar-refractivity contribution in [1.82, 2.24) is 9.78 Å².